The van der Waals surface area contributed by atoms with Gasteiger partial charge in [-0.25, -0.2) is 8.42 Å². The Morgan fingerprint density at radius 3 is 2.24 bits per heavy atom. The van der Waals surface area contributed by atoms with E-state index in [9.17, 15) is 8.42 Å². The number of hydrogen-bond donors (Lipinski definition) is 1. The van der Waals surface area contributed by atoms with Crippen LogP contribution in [-0.2, 0) is 23.1 Å². The largest absolute Gasteiger partial charge is 0.396 e. The van der Waals surface area contributed by atoms with Crippen molar-refractivity contribution >= 4 is 10.0 Å². The summed E-state index contributed by atoms with van der Waals surface area (Å²) in [4.78, 5) is 0. The van der Waals surface area contributed by atoms with Gasteiger partial charge in [-0.2, -0.15) is 4.31 Å². The van der Waals surface area contributed by atoms with E-state index in [1.165, 1.54) is 4.31 Å². The third-order valence-electron chi connectivity index (χ3n) is 3.02. The lowest BCUT2D eigenvalue weighted by Gasteiger charge is -2.15. The minimum Gasteiger partial charge on any atom is -0.396 e. The molecule has 2 rings (SSSR count). The molecule has 1 heterocycles. The molecular formula is C12H17NO3S. The molecule has 0 saturated carbocycles. The van der Waals surface area contributed by atoms with Crippen LogP contribution in [0.15, 0.2) is 24.3 Å². The van der Waals surface area contributed by atoms with Gasteiger partial charge in [0, 0.05) is 19.7 Å². The number of rotatable bonds is 5. The first-order valence-corrected chi connectivity index (χ1v) is 7.40. The van der Waals surface area contributed by atoms with E-state index in [1.807, 2.05) is 24.3 Å². The first-order chi connectivity index (χ1) is 8.13. The molecule has 0 aromatic heterocycles. The molecule has 0 aliphatic carbocycles. The van der Waals surface area contributed by atoms with E-state index >= 15 is 0 Å². The molecule has 0 bridgehead atoms. The van der Waals surface area contributed by atoms with Gasteiger partial charge in [-0.1, -0.05) is 24.3 Å². The Morgan fingerprint density at radius 1 is 1.12 bits per heavy atom. The van der Waals surface area contributed by atoms with Gasteiger partial charge in [0.15, 0.2) is 0 Å². The molecule has 1 aliphatic rings. The standard InChI is InChI=1S/C12H17NO3S/c14-7-3-4-8-17(15,16)13-9-11-5-1-2-6-12(11)10-13/h1-2,5-6,14H,3-4,7-10H2. The maximum absolute atomic E-state index is 12.0. The van der Waals surface area contributed by atoms with Crippen LogP contribution in [0.25, 0.3) is 0 Å². The molecule has 0 saturated heterocycles. The Morgan fingerprint density at radius 2 is 1.71 bits per heavy atom. The third-order valence-corrected chi connectivity index (χ3v) is 4.87. The van der Waals surface area contributed by atoms with Crippen LogP contribution in [0.3, 0.4) is 0 Å². The number of nitrogens with zero attached hydrogens (tertiary/aromatic N) is 1. The molecule has 0 unspecified atom stereocenters. The van der Waals surface area contributed by atoms with E-state index in [1.54, 1.807) is 0 Å². The highest BCUT2D eigenvalue weighted by atomic mass is 32.2. The molecule has 1 aromatic carbocycles. The van der Waals surface area contributed by atoms with E-state index in [-0.39, 0.29) is 12.4 Å². The molecule has 1 aliphatic heterocycles. The van der Waals surface area contributed by atoms with Crippen LogP contribution in [0.1, 0.15) is 24.0 Å². The van der Waals surface area contributed by atoms with Crippen molar-refractivity contribution in [1.29, 1.82) is 0 Å². The van der Waals surface area contributed by atoms with Crippen LogP contribution in [0.4, 0.5) is 0 Å². The maximum Gasteiger partial charge on any atom is 0.214 e. The van der Waals surface area contributed by atoms with Crippen molar-refractivity contribution in [1.82, 2.24) is 4.31 Å². The van der Waals surface area contributed by atoms with Crippen molar-refractivity contribution in [2.24, 2.45) is 0 Å². The smallest absolute Gasteiger partial charge is 0.214 e. The molecule has 0 atom stereocenters. The number of benzene rings is 1. The molecule has 0 spiro atoms. The van der Waals surface area contributed by atoms with Crippen molar-refractivity contribution in [3.63, 3.8) is 0 Å². The summed E-state index contributed by atoms with van der Waals surface area (Å²) in [5, 5.41) is 8.66. The molecule has 0 radical (unpaired) electrons. The summed E-state index contributed by atoms with van der Waals surface area (Å²) in [5.41, 5.74) is 2.19. The van der Waals surface area contributed by atoms with E-state index < -0.39 is 10.0 Å². The number of unbranched alkanes of at least 4 members (excludes halogenated alkanes) is 1. The quantitative estimate of drug-likeness (QED) is 0.802. The zero-order valence-corrected chi connectivity index (χ0v) is 10.5. The lowest BCUT2D eigenvalue weighted by molar-refractivity contribution is 0.286. The van der Waals surface area contributed by atoms with Gasteiger partial charge in [0.1, 0.15) is 0 Å². The van der Waals surface area contributed by atoms with Crippen molar-refractivity contribution in [2.75, 3.05) is 12.4 Å². The molecule has 94 valence electrons. The van der Waals surface area contributed by atoms with Crippen LogP contribution in [-0.4, -0.2) is 30.2 Å². The Balaban J connectivity index is 2.02. The van der Waals surface area contributed by atoms with E-state index in [4.69, 9.17) is 5.11 Å². The van der Waals surface area contributed by atoms with Gasteiger partial charge < -0.3 is 5.11 Å². The van der Waals surface area contributed by atoms with Gasteiger partial charge in [0.2, 0.25) is 10.0 Å². The number of aliphatic hydroxyl groups excluding tert-OH is 1. The second kappa shape index (κ2) is 5.16. The van der Waals surface area contributed by atoms with Crippen molar-refractivity contribution in [3.05, 3.63) is 35.4 Å². The molecule has 1 aromatic rings. The highest BCUT2D eigenvalue weighted by Gasteiger charge is 2.28. The maximum atomic E-state index is 12.0. The lowest BCUT2D eigenvalue weighted by atomic mass is 10.1. The van der Waals surface area contributed by atoms with Crippen molar-refractivity contribution in [2.45, 2.75) is 25.9 Å². The summed E-state index contributed by atoms with van der Waals surface area (Å²) in [7, 11) is -3.18. The highest BCUT2D eigenvalue weighted by Crippen LogP contribution is 2.25. The summed E-state index contributed by atoms with van der Waals surface area (Å²) in [6, 6.07) is 7.80. The fourth-order valence-corrected chi connectivity index (χ4v) is 3.52. The van der Waals surface area contributed by atoms with Crippen LogP contribution < -0.4 is 0 Å². The van der Waals surface area contributed by atoms with Crippen molar-refractivity contribution in [3.8, 4) is 0 Å². The fourth-order valence-electron chi connectivity index (χ4n) is 2.02. The molecule has 0 fully saturated rings. The van der Waals surface area contributed by atoms with E-state index in [0.29, 0.717) is 25.9 Å². The molecule has 0 amide bonds. The Bertz CT molecular complexity index is 459. The Labute approximate surface area is 102 Å². The first-order valence-electron chi connectivity index (χ1n) is 5.79. The van der Waals surface area contributed by atoms with Gasteiger partial charge in [-0.05, 0) is 24.0 Å². The predicted molar refractivity (Wildman–Crippen MR) is 65.8 cm³/mol. The molecule has 5 heteroatoms. The summed E-state index contributed by atoms with van der Waals surface area (Å²) in [6.07, 6.45) is 1.06. The first kappa shape index (κ1) is 12.5. The topological polar surface area (TPSA) is 57.6 Å². The normalized spacial score (nSPS) is 16.1. The van der Waals surface area contributed by atoms with Crippen molar-refractivity contribution < 1.29 is 13.5 Å². The molecule has 17 heavy (non-hydrogen) atoms. The van der Waals surface area contributed by atoms with Gasteiger partial charge in [0.25, 0.3) is 0 Å². The van der Waals surface area contributed by atoms with Gasteiger partial charge in [0.05, 0.1) is 5.75 Å². The minimum atomic E-state index is -3.18. The zero-order valence-electron chi connectivity index (χ0n) is 9.67. The second-order valence-electron chi connectivity index (χ2n) is 4.28. The summed E-state index contributed by atoms with van der Waals surface area (Å²) < 4.78 is 25.6. The number of hydrogen-bond acceptors (Lipinski definition) is 3. The second-order valence-corrected chi connectivity index (χ2v) is 6.37. The number of sulfonamides is 1. The summed E-state index contributed by atoms with van der Waals surface area (Å²) in [6.45, 7) is 1.02. The third kappa shape index (κ3) is 2.86. The van der Waals surface area contributed by atoms with Gasteiger partial charge in [-0.3, -0.25) is 0 Å². The van der Waals surface area contributed by atoms with E-state index in [2.05, 4.69) is 0 Å². The average molecular weight is 255 g/mol. The minimum absolute atomic E-state index is 0.0513. The molecule has 1 N–H and O–H groups in total. The van der Waals surface area contributed by atoms with Gasteiger partial charge in [-0.15, -0.1) is 0 Å². The van der Waals surface area contributed by atoms with Crippen LogP contribution >= 0.6 is 0 Å². The highest BCUT2D eigenvalue weighted by molar-refractivity contribution is 7.89. The SMILES string of the molecule is O=S(=O)(CCCCO)N1Cc2ccccc2C1. The summed E-state index contributed by atoms with van der Waals surface area (Å²) in [5.74, 6) is 0.127. The predicted octanol–water partition coefficient (Wildman–Crippen LogP) is 1.10. The van der Waals surface area contributed by atoms with Crippen LogP contribution in [0, 0.1) is 0 Å². The monoisotopic (exact) mass is 255 g/mol. The zero-order chi connectivity index (χ0) is 12.3. The molecular weight excluding hydrogens is 238 g/mol. The van der Waals surface area contributed by atoms with Gasteiger partial charge >= 0.3 is 0 Å². The average Bonchev–Trinajstić information content (AvgIpc) is 2.73. The van der Waals surface area contributed by atoms with Crippen LogP contribution in [0.2, 0.25) is 0 Å². The number of aliphatic hydroxyl groups is 1. The Kier molecular flexibility index (Phi) is 3.81. The molecule has 4 nitrogen and oxygen atoms in total. The Hall–Kier alpha value is -0.910. The number of fused-ring (bicyclic) bond motifs is 1. The van der Waals surface area contributed by atoms with E-state index in [0.717, 1.165) is 11.1 Å². The fraction of sp³-hybridized carbons (Fsp3) is 0.500. The summed E-state index contributed by atoms with van der Waals surface area (Å²) >= 11 is 0. The lowest BCUT2D eigenvalue weighted by Crippen LogP contribution is -2.28. The van der Waals surface area contributed by atoms with Crippen LogP contribution in [0.5, 0.6) is 0 Å².